The molecule has 0 heterocycles. The molecular formula is C42H50N2O12. The Morgan fingerprint density at radius 2 is 1.70 bits per heavy atom. The number of aliphatic hydroxyl groups excluding tert-OH is 3. The number of rotatable bonds is 22. The molecule has 14 heteroatoms. The van der Waals surface area contributed by atoms with Crippen LogP contribution >= 0.6 is 0 Å². The normalized spacial score (nSPS) is 18.4. The summed E-state index contributed by atoms with van der Waals surface area (Å²) in [6, 6.07) is 20.7. The van der Waals surface area contributed by atoms with Crippen LogP contribution in [0.4, 0.5) is 0 Å². The molecule has 0 spiro atoms. The molecule has 4 N–H and O–H groups in total. The van der Waals surface area contributed by atoms with Gasteiger partial charge in [-0.15, -0.1) is 10.1 Å². The van der Waals surface area contributed by atoms with Gasteiger partial charge in [0.15, 0.2) is 11.5 Å². The van der Waals surface area contributed by atoms with Gasteiger partial charge in [0.1, 0.15) is 18.9 Å². The van der Waals surface area contributed by atoms with E-state index in [2.05, 4.69) is 10.2 Å². The molecule has 0 aromatic heterocycles. The van der Waals surface area contributed by atoms with E-state index in [9.17, 15) is 39.8 Å². The van der Waals surface area contributed by atoms with Crippen LogP contribution in [-0.2, 0) is 32.2 Å². The highest BCUT2D eigenvalue weighted by Crippen LogP contribution is 2.38. The second kappa shape index (κ2) is 22.7. The highest BCUT2D eigenvalue weighted by Gasteiger charge is 2.40. The van der Waals surface area contributed by atoms with Crippen molar-refractivity contribution < 1.29 is 53.8 Å². The molecule has 300 valence electrons. The summed E-state index contributed by atoms with van der Waals surface area (Å²) in [7, 11) is 1.39. The van der Waals surface area contributed by atoms with Crippen molar-refractivity contribution in [3.05, 3.63) is 118 Å². The van der Waals surface area contributed by atoms with Crippen molar-refractivity contribution in [1.29, 1.82) is 0 Å². The van der Waals surface area contributed by atoms with E-state index in [1.165, 1.54) is 43.0 Å². The van der Waals surface area contributed by atoms with Crippen LogP contribution in [-0.4, -0.2) is 70.2 Å². The van der Waals surface area contributed by atoms with E-state index in [-0.39, 0.29) is 54.6 Å². The molecule has 0 unspecified atom stereocenters. The Morgan fingerprint density at radius 1 is 0.929 bits per heavy atom. The maximum absolute atomic E-state index is 12.5. The fourth-order valence-corrected chi connectivity index (χ4v) is 6.60. The van der Waals surface area contributed by atoms with Crippen molar-refractivity contribution in [3.63, 3.8) is 0 Å². The van der Waals surface area contributed by atoms with E-state index < -0.39 is 35.3 Å². The first-order valence-electron chi connectivity index (χ1n) is 18.7. The number of nitrogens with zero attached hydrogens (tertiary/aromatic N) is 1. The third-order valence-corrected chi connectivity index (χ3v) is 9.52. The monoisotopic (exact) mass is 774 g/mol. The van der Waals surface area contributed by atoms with E-state index in [1.54, 1.807) is 24.3 Å². The number of allylic oxidation sites excluding steroid dienone is 2. The fraction of sp³-hybridized carbons (Fsp3) is 0.405. The van der Waals surface area contributed by atoms with E-state index in [0.717, 1.165) is 6.42 Å². The summed E-state index contributed by atoms with van der Waals surface area (Å²) < 4.78 is 16.0. The molecule has 56 heavy (non-hydrogen) atoms. The van der Waals surface area contributed by atoms with Crippen LogP contribution in [0.25, 0.3) is 6.08 Å². The fourth-order valence-electron chi connectivity index (χ4n) is 6.60. The number of methoxy groups -OCH3 is 1. The zero-order valence-electron chi connectivity index (χ0n) is 31.4. The van der Waals surface area contributed by atoms with Gasteiger partial charge in [0.05, 0.1) is 25.4 Å². The van der Waals surface area contributed by atoms with Crippen molar-refractivity contribution in [3.8, 4) is 17.2 Å². The third-order valence-electron chi connectivity index (χ3n) is 9.52. The van der Waals surface area contributed by atoms with Crippen molar-refractivity contribution in [1.82, 2.24) is 5.32 Å². The first-order valence-corrected chi connectivity index (χ1v) is 18.7. The first kappa shape index (κ1) is 43.2. The summed E-state index contributed by atoms with van der Waals surface area (Å²) in [6.07, 6.45) is 9.81. The Labute approximate surface area is 325 Å². The average Bonchev–Trinajstić information content (AvgIpc) is 3.46. The molecule has 1 aliphatic carbocycles. The van der Waals surface area contributed by atoms with Gasteiger partial charge in [0, 0.05) is 12.5 Å². The zero-order chi connectivity index (χ0) is 40.3. The quantitative estimate of drug-likeness (QED) is 0.0196. The standard InChI is InChI=1S/C42H50N2O12/c1-53-39-25-30(18-23-41(49)55-33-13-9-12-31(24-33)28-54-44(51)52)17-22-38(39)56-42(50)27-43-40(48)15-8-3-2-7-14-34-35(37(47)26-36(34)46)21-20-32(45)19-16-29-10-5-4-6-11-29/h2,4-7,9-13,17-18,22-25,32,34-37,45-47H,3,8,14-16,19-21,26-28H2,1H3,(H,43,48)/b7-2-,23-18+/t32-,34+,35+,36-,37+/m0/s1. The van der Waals surface area contributed by atoms with Crippen LogP contribution in [0.3, 0.4) is 0 Å². The smallest absolute Gasteiger partial charge is 0.336 e. The number of nitrogens with one attached hydrogen (secondary N) is 1. The summed E-state index contributed by atoms with van der Waals surface area (Å²) in [5, 5.41) is 43.7. The van der Waals surface area contributed by atoms with Gasteiger partial charge < -0.3 is 39.7 Å². The molecule has 14 nitrogen and oxygen atoms in total. The zero-order valence-corrected chi connectivity index (χ0v) is 31.4. The maximum Gasteiger partial charge on any atom is 0.336 e. The van der Waals surface area contributed by atoms with Gasteiger partial charge in [-0.05, 0) is 110 Å². The molecule has 1 saturated carbocycles. The van der Waals surface area contributed by atoms with Crippen LogP contribution < -0.4 is 19.5 Å². The highest BCUT2D eigenvalue weighted by molar-refractivity contribution is 5.89. The number of ether oxygens (including phenoxy) is 3. The van der Waals surface area contributed by atoms with Crippen LogP contribution in [0.15, 0.2) is 91.0 Å². The van der Waals surface area contributed by atoms with E-state index in [0.29, 0.717) is 56.1 Å². The summed E-state index contributed by atoms with van der Waals surface area (Å²) >= 11 is 0. The van der Waals surface area contributed by atoms with Crippen molar-refractivity contribution >= 4 is 23.9 Å². The predicted molar refractivity (Wildman–Crippen MR) is 206 cm³/mol. The number of hydrogen-bond donors (Lipinski definition) is 4. The molecule has 4 rings (SSSR count). The topological polar surface area (TPSA) is 204 Å². The molecule has 3 aromatic carbocycles. The van der Waals surface area contributed by atoms with Crippen LogP contribution in [0.5, 0.6) is 17.2 Å². The first-order chi connectivity index (χ1) is 27.0. The molecule has 0 radical (unpaired) electrons. The van der Waals surface area contributed by atoms with Gasteiger partial charge in [-0.2, -0.15) is 0 Å². The van der Waals surface area contributed by atoms with Gasteiger partial charge >= 0.3 is 11.9 Å². The lowest BCUT2D eigenvalue weighted by molar-refractivity contribution is -0.763. The summed E-state index contributed by atoms with van der Waals surface area (Å²) in [5.41, 5.74) is 2.16. The summed E-state index contributed by atoms with van der Waals surface area (Å²) in [6.45, 7) is -0.640. The van der Waals surface area contributed by atoms with E-state index in [1.807, 2.05) is 42.5 Å². The number of carbonyl (C=O) groups excluding carboxylic acids is 3. The number of amides is 1. The molecule has 0 aliphatic heterocycles. The van der Waals surface area contributed by atoms with Gasteiger partial charge in [0.25, 0.3) is 5.09 Å². The lowest BCUT2D eigenvalue weighted by Crippen LogP contribution is -2.31. The Kier molecular flexibility index (Phi) is 17.5. The average molecular weight is 775 g/mol. The van der Waals surface area contributed by atoms with Crippen LogP contribution in [0, 0.1) is 22.0 Å². The molecule has 1 aliphatic rings. The number of aryl methyl sites for hydroxylation is 1. The lowest BCUT2D eigenvalue weighted by Gasteiger charge is -2.23. The lowest BCUT2D eigenvalue weighted by atomic mass is 9.85. The molecule has 0 saturated heterocycles. The van der Waals surface area contributed by atoms with Crippen molar-refractivity contribution in [2.75, 3.05) is 13.7 Å². The largest absolute Gasteiger partial charge is 0.493 e. The number of carbonyl (C=O) groups is 3. The molecule has 3 aromatic rings. The van der Waals surface area contributed by atoms with Crippen molar-refractivity contribution in [2.45, 2.75) is 82.7 Å². The maximum atomic E-state index is 12.5. The highest BCUT2D eigenvalue weighted by atomic mass is 16.9. The number of esters is 2. The van der Waals surface area contributed by atoms with Gasteiger partial charge in [-0.1, -0.05) is 60.7 Å². The third kappa shape index (κ3) is 14.9. The molecule has 1 amide bonds. The Hall–Kier alpha value is -5.57. The van der Waals surface area contributed by atoms with Gasteiger partial charge in [-0.25, -0.2) is 9.59 Å². The Balaban J connectivity index is 1.12. The van der Waals surface area contributed by atoms with Gasteiger partial charge in [0.2, 0.25) is 5.91 Å². The molecule has 1 fully saturated rings. The van der Waals surface area contributed by atoms with Crippen LogP contribution in [0.2, 0.25) is 0 Å². The van der Waals surface area contributed by atoms with Crippen molar-refractivity contribution in [2.24, 2.45) is 11.8 Å². The Morgan fingerprint density at radius 3 is 2.46 bits per heavy atom. The van der Waals surface area contributed by atoms with E-state index >= 15 is 0 Å². The van der Waals surface area contributed by atoms with Crippen LogP contribution in [0.1, 0.15) is 68.1 Å². The minimum Gasteiger partial charge on any atom is -0.493 e. The summed E-state index contributed by atoms with van der Waals surface area (Å²) in [5.74, 6) is -1.40. The predicted octanol–water partition coefficient (Wildman–Crippen LogP) is 5.29. The minimum atomic E-state index is -0.914. The molecular weight excluding hydrogens is 724 g/mol. The van der Waals surface area contributed by atoms with E-state index in [4.69, 9.17) is 14.2 Å². The molecule has 0 bridgehead atoms. The summed E-state index contributed by atoms with van der Waals surface area (Å²) in [4.78, 5) is 51.9. The SMILES string of the molecule is COc1cc(/C=C/C(=O)Oc2cccc(CO[N+](=O)[O-])c2)ccc1OC(=O)CNC(=O)CCC/C=C\C[C@@H]1[C@@H](CC[C@@H](O)CCc2ccccc2)[C@H](O)C[C@@H]1O. The number of unbranched alkanes of at least 4 members (excludes halogenated alkanes) is 1. The Bertz CT molecular complexity index is 1800. The molecule has 5 atom stereocenters. The number of benzene rings is 3. The second-order valence-corrected chi connectivity index (χ2v) is 13.6. The number of aliphatic hydroxyl groups is 3. The number of hydrogen-bond acceptors (Lipinski definition) is 12. The minimum absolute atomic E-state index is 0.0949. The second-order valence-electron chi connectivity index (χ2n) is 13.6. The van der Waals surface area contributed by atoms with Gasteiger partial charge in [-0.3, -0.25) is 4.79 Å².